The number of ether oxygens (including phenoxy) is 1. The van der Waals surface area contributed by atoms with Crippen LogP contribution in [0.25, 0.3) is 0 Å². The van der Waals surface area contributed by atoms with E-state index in [0.29, 0.717) is 5.92 Å². The van der Waals surface area contributed by atoms with Crippen molar-refractivity contribution in [2.45, 2.75) is 50.2 Å². The maximum Gasteiger partial charge on any atom is 0.339 e. The molecule has 1 N–H and O–H groups in total. The van der Waals surface area contributed by atoms with E-state index in [1.807, 2.05) is 31.3 Å². The average molecular weight is 303 g/mol. The van der Waals surface area contributed by atoms with Crippen molar-refractivity contribution in [3.05, 3.63) is 35.4 Å². The van der Waals surface area contributed by atoms with Crippen LogP contribution in [0.2, 0.25) is 0 Å². The second kappa shape index (κ2) is 6.80. The van der Waals surface area contributed by atoms with Gasteiger partial charge in [-0.3, -0.25) is 0 Å². The standard InChI is InChI=1S/C18H25NO3/c1-19-11-10-14(12-19)22-18(21)17(20)16-9-5-4-8-15(16)13-6-2-3-7-13/h4-5,8-9,13-14,17,20H,2-3,6-7,10-12H2,1H3/t14-,17?/m0/s1. The molecular weight excluding hydrogens is 278 g/mol. The van der Waals surface area contributed by atoms with Crippen LogP contribution in [0.5, 0.6) is 0 Å². The van der Waals surface area contributed by atoms with Crippen molar-refractivity contribution in [1.82, 2.24) is 4.90 Å². The highest BCUT2D eigenvalue weighted by Gasteiger charge is 2.30. The van der Waals surface area contributed by atoms with E-state index < -0.39 is 12.1 Å². The van der Waals surface area contributed by atoms with Crippen molar-refractivity contribution < 1.29 is 14.6 Å². The summed E-state index contributed by atoms with van der Waals surface area (Å²) in [5.41, 5.74) is 1.85. The molecule has 2 atom stereocenters. The molecule has 1 saturated heterocycles. The third-order valence-corrected chi connectivity index (χ3v) is 4.94. The van der Waals surface area contributed by atoms with Crippen molar-refractivity contribution >= 4 is 5.97 Å². The van der Waals surface area contributed by atoms with E-state index in [-0.39, 0.29) is 6.10 Å². The third-order valence-electron chi connectivity index (χ3n) is 4.94. The molecule has 0 aromatic heterocycles. The smallest absolute Gasteiger partial charge is 0.339 e. The predicted molar refractivity (Wildman–Crippen MR) is 84.6 cm³/mol. The lowest BCUT2D eigenvalue weighted by molar-refractivity contribution is -0.158. The number of carbonyl (C=O) groups excluding carboxylic acids is 1. The van der Waals surface area contributed by atoms with Gasteiger partial charge in [0.1, 0.15) is 6.10 Å². The molecule has 22 heavy (non-hydrogen) atoms. The minimum absolute atomic E-state index is 0.0919. The Labute approximate surface area is 132 Å². The molecule has 0 bridgehead atoms. The van der Waals surface area contributed by atoms with Crippen molar-refractivity contribution in [3.63, 3.8) is 0 Å². The summed E-state index contributed by atoms with van der Waals surface area (Å²) in [5, 5.41) is 10.5. The molecule has 0 radical (unpaired) electrons. The van der Waals surface area contributed by atoms with Crippen molar-refractivity contribution in [2.24, 2.45) is 0 Å². The number of hydrogen-bond donors (Lipinski definition) is 1. The largest absolute Gasteiger partial charge is 0.459 e. The fraction of sp³-hybridized carbons (Fsp3) is 0.611. The van der Waals surface area contributed by atoms with E-state index in [2.05, 4.69) is 4.90 Å². The molecule has 2 fully saturated rings. The predicted octanol–water partition coefficient (Wildman–Crippen LogP) is 2.62. The first-order valence-electron chi connectivity index (χ1n) is 8.31. The Kier molecular flexibility index (Phi) is 4.79. The molecule has 1 aliphatic carbocycles. The Bertz CT molecular complexity index is 525. The lowest BCUT2D eigenvalue weighted by Crippen LogP contribution is -2.26. The molecule has 1 heterocycles. The third kappa shape index (κ3) is 3.33. The Morgan fingerprint density at radius 2 is 2.00 bits per heavy atom. The number of hydrogen-bond acceptors (Lipinski definition) is 4. The SMILES string of the molecule is CN1CC[C@H](OC(=O)C(O)c2ccccc2C2CCCC2)C1. The van der Waals surface area contributed by atoms with E-state index in [0.717, 1.165) is 43.5 Å². The fourth-order valence-electron chi connectivity index (χ4n) is 3.71. The quantitative estimate of drug-likeness (QED) is 0.869. The molecule has 1 saturated carbocycles. The van der Waals surface area contributed by atoms with Crippen LogP contribution >= 0.6 is 0 Å². The van der Waals surface area contributed by atoms with E-state index in [9.17, 15) is 9.90 Å². The van der Waals surface area contributed by atoms with Gasteiger partial charge in [0.2, 0.25) is 0 Å². The molecule has 4 nitrogen and oxygen atoms in total. The molecule has 0 amide bonds. The lowest BCUT2D eigenvalue weighted by Gasteiger charge is -2.20. The summed E-state index contributed by atoms with van der Waals surface area (Å²) in [5.74, 6) is -0.0398. The highest BCUT2D eigenvalue weighted by atomic mass is 16.6. The molecule has 120 valence electrons. The number of nitrogens with zero attached hydrogens (tertiary/aromatic N) is 1. The van der Waals surface area contributed by atoms with Crippen LogP contribution < -0.4 is 0 Å². The van der Waals surface area contributed by atoms with E-state index in [1.165, 1.54) is 12.8 Å². The fourth-order valence-corrected chi connectivity index (χ4v) is 3.71. The first-order valence-corrected chi connectivity index (χ1v) is 8.31. The van der Waals surface area contributed by atoms with Gasteiger partial charge >= 0.3 is 5.97 Å². The van der Waals surface area contributed by atoms with E-state index in [4.69, 9.17) is 4.74 Å². The Balaban J connectivity index is 1.71. The zero-order valence-electron chi connectivity index (χ0n) is 13.2. The Morgan fingerprint density at radius 3 is 2.68 bits per heavy atom. The highest BCUT2D eigenvalue weighted by Crippen LogP contribution is 2.37. The van der Waals surface area contributed by atoms with Gasteiger partial charge in [-0.05, 0) is 43.4 Å². The summed E-state index contributed by atoms with van der Waals surface area (Å²) in [6.45, 7) is 1.69. The Hall–Kier alpha value is -1.39. The van der Waals surface area contributed by atoms with Gasteiger partial charge in [0, 0.05) is 13.1 Å². The summed E-state index contributed by atoms with van der Waals surface area (Å²) in [6, 6.07) is 7.78. The highest BCUT2D eigenvalue weighted by molar-refractivity contribution is 5.77. The normalized spacial score (nSPS) is 24.5. The molecule has 3 rings (SSSR count). The average Bonchev–Trinajstić information content (AvgIpc) is 3.18. The summed E-state index contributed by atoms with van der Waals surface area (Å²) < 4.78 is 5.48. The number of benzene rings is 1. The topological polar surface area (TPSA) is 49.8 Å². The number of rotatable bonds is 4. The monoisotopic (exact) mass is 303 g/mol. The minimum Gasteiger partial charge on any atom is -0.459 e. The van der Waals surface area contributed by atoms with Crippen LogP contribution in [0.3, 0.4) is 0 Å². The van der Waals surface area contributed by atoms with Crippen LogP contribution in [0.1, 0.15) is 55.3 Å². The number of aliphatic hydroxyl groups is 1. The van der Waals surface area contributed by atoms with Crippen LogP contribution in [-0.2, 0) is 9.53 Å². The number of carbonyl (C=O) groups is 1. The molecule has 4 heteroatoms. The van der Waals surface area contributed by atoms with Gasteiger partial charge in [0.15, 0.2) is 6.10 Å². The zero-order valence-corrected chi connectivity index (χ0v) is 13.2. The zero-order chi connectivity index (χ0) is 15.5. The summed E-state index contributed by atoms with van der Waals surface area (Å²) in [7, 11) is 2.01. The van der Waals surface area contributed by atoms with Gasteiger partial charge in [-0.25, -0.2) is 4.79 Å². The van der Waals surface area contributed by atoms with Gasteiger partial charge < -0.3 is 14.7 Å². The molecule has 1 aromatic rings. The number of likely N-dealkylation sites (N-methyl/N-ethyl adjacent to an activating group) is 1. The molecule has 1 unspecified atom stereocenters. The van der Waals surface area contributed by atoms with Crippen molar-refractivity contribution in [2.75, 3.05) is 20.1 Å². The first-order chi connectivity index (χ1) is 10.6. The van der Waals surface area contributed by atoms with Crippen LogP contribution in [0, 0.1) is 0 Å². The molecular formula is C18H25NO3. The molecule has 2 aliphatic rings. The van der Waals surface area contributed by atoms with Gasteiger partial charge in [0.25, 0.3) is 0 Å². The maximum absolute atomic E-state index is 12.3. The van der Waals surface area contributed by atoms with E-state index in [1.54, 1.807) is 0 Å². The Morgan fingerprint density at radius 1 is 1.27 bits per heavy atom. The summed E-state index contributed by atoms with van der Waals surface area (Å²) >= 11 is 0. The molecule has 1 aromatic carbocycles. The number of likely N-dealkylation sites (tertiary alicyclic amines) is 1. The van der Waals surface area contributed by atoms with Crippen LogP contribution in [-0.4, -0.2) is 42.2 Å². The summed E-state index contributed by atoms with van der Waals surface area (Å²) in [4.78, 5) is 14.4. The van der Waals surface area contributed by atoms with Gasteiger partial charge in [-0.2, -0.15) is 0 Å². The minimum atomic E-state index is -1.16. The van der Waals surface area contributed by atoms with Gasteiger partial charge in [-0.15, -0.1) is 0 Å². The van der Waals surface area contributed by atoms with E-state index >= 15 is 0 Å². The van der Waals surface area contributed by atoms with Gasteiger partial charge in [0.05, 0.1) is 0 Å². The molecule has 0 spiro atoms. The van der Waals surface area contributed by atoms with Crippen LogP contribution in [0.4, 0.5) is 0 Å². The summed E-state index contributed by atoms with van der Waals surface area (Å²) in [6.07, 6.45) is 4.34. The second-order valence-electron chi connectivity index (χ2n) is 6.62. The molecule has 1 aliphatic heterocycles. The van der Waals surface area contributed by atoms with Crippen LogP contribution in [0.15, 0.2) is 24.3 Å². The maximum atomic E-state index is 12.3. The lowest BCUT2D eigenvalue weighted by atomic mass is 9.90. The second-order valence-corrected chi connectivity index (χ2v) is 6.62. The van der Waals surface area contributed by atoms with Crippen molar-refractivity contribution in [1.29, 1.82) is 0 Å². The van der Waals surface area contributed by atoms with Crippen molar-refractivity contribution in [3.8, 4) is 0 Å². The number of esters is 1. The van der Waals surface area contributed by atoms with Gasteiger partial charge in [-0.1, -0.05) is 37.1 Å². The number of aliphatic hydroxyl groups excluding tert-OH is 1. The first kappa shape index (κ1) is 15.5.